The first-order valence-corrected chi connectivity index (χ1v) is 25.3. The van der Waals surface area contributed by atoms with Gasteiger partial charge >= 0.3 is 0 Å². The number of hydrogen-bond acceptors (Lipinski definition) is 2. The zero-order valence-corrected chi connectivity index (χ0v) is 47.6. The Morgan fingerprint density at radius 1 is 0.500 bits per heavy atom. The van der Waals surface area contributed by atoms with Gasteiger partial charge in [0.25, 0.3) is 6.33 Å². The van der Waals surface area contributed by atoms with Crippen molar-refractivity contribution in [3.63, 3.8) is 0 Å². The van der Waals surface area contributed by atoms with Crippen molar-refractivity contribution in [2.45, 2.75) is 143 Å². The standard InChI is InChI=1S/C66H72N4O.Pt/c1-61(2,3)46-34-35-67-57(39-46)70-55-33-24-23-32-53(55)58-54(66(15,16)45-28-21-18-22-29-45)41-52(42-56(58)70)71-51-31-25-30-49(40-51)68-43-69(60(64(10,11)12)59(68)63(7,8)9)50-37-47(62(4,5)6)36-48(38-50)65(13,14)44-26-19-17-20-27-44;/h17-39,41H,1-16H3;/q-2;. The van der Waals surface area contributed by atoms with Crippen LogP contribution >= 0.6 is 0 Å². The maximum atomic E-state index is 7.07. The summed E-state index contributed by atoms with van der Waals surface area (Å²) in [5.41, 5.74) is 12.3. The Labute approximate surface area is 444 Å². The number of hydrogen-bond donors (Lipinski definition) is 0. The number of nitrogens with zero attached hydrogens (tertiary/aromatic N) is 4. The van der Waals surface area contributed by atoms with Gasteiger partial charge < -0.3 is 13.9 Å². The fraction of sp³-hybridized carbons (Fsp3) is 0.333. The summed E-state index contributed by atoms with van der Waals surface area (Å²) in [6.07, 6.45) is 5.87. The second-order valence-corrected chi connectivity index (χ2v) is 24.7. The van der Waals surface area contributed by atoms with E-state index in [0.29, 0.717) is 11.5 Å². The van der Waals surface area contributed by atoms with Crippen molar-refractivity contribution < 1.29 is 30.4 Å². The van der Waals surface area contributed by atoms with E-state index in [9.17, 15) is 0 Å². The number of ether oxygens (including phenoxy) is 1. The molecule has 0 amide bonds. The summed E-state index contributed by atoms with van der Waals surface area (Å²) in [4.78, 5) is 5.02. The normalized spacial score (nSPS) is 12.9. The molecule has 0 spiro atoms. The average Bonchev–Trinajstić information content (AvgIpc) is 3.90. The van der Waals surface area contributed by atoms with E-state index in [1.54, 1.807) is 0 Å². The minimum Gasteiger partial charge on any atom is -0.510 e. The molecule has 0 fully saturated rings. The Balaban J connectivity index is 0.00000693. The summed E-state index contributed by atoms with van der Waals surface area (Å²) in [5.74, 6) is 2.04. The fourth-order valence-corrected chi connectivity index (χ4v) is 10.2. The number of aromatic nitrogens is 4. The van der Waals surface area contributed by atoms with E-state index in [2.05, 4.69) is 276 Å². The van der Waals surface area contributed by atoms with Crippen LogP contribution in [-0.2, 0) is 53.6 Å². The molecule has 374 valence electrons. The molecule has 0 N–H and O–H groups in total. The van der Waals surface area contributed by atoms with Crippen LogP contribution in [0.25, 0.3) is 39.0 Å². The number of pyridine rings is 1. The summed E-state index contributed by atoms with van der Waals surface area (Å²) < 4.78 is 13.9. The fourth-order valence-electron chi connectivity index (χ4n) is 10.2. The molecule has 0 aliphatic rings. The second-order valence-electron chi connectivity index (χ2n) is 24.7. The van der Waals surface area contributed by atoms with Gasteiger partial charge in [0.1, 0.15) is 5.82 Å². The Morgan fingerprint density at radius 3 is 1.71 bits per heavy atom. The summed E-state index contributed by atoms with van der Waals surface area (Å²) in [5, 5.41) is 2.27. The van der Waals surface area contributed by atoms with Gasteiger partial charge in [-0.3, -0.25) is 4.57 Å². The molecule has 0 unspecified atom stereocenters. The number of imidazole rings is 1. The van der Waals surface area contributed by atoms with Gasteiger partial charge in [-0.25, -0.2) is 4.98 Å². The first-order chi connectivity index (χ1) is 33.2. The van der Waals surface area contributed by atoms with Crippen molar-refractivity contribution in [2.75, 3.05) is 0 Å². The van der Waals surface area contributed by atoms with E-state index in [1.807, 2.05) is 12.3 Å². The SMILES string of the molecule is CC(C)(C)c1cc(-[n+]2[c-]n(-c3[c-]c(Oc4[c-]c5c(c(C(C)(C)c6ccccc6)c4)c4ccccc4n5-c4cc(C(C)(C)C)ccn4)ccc3)c(C(C)(C)C)c2C(C)(C)C)cc(C(C)(C)c2ccccc2)c1.[Pt]. The van der Waals surface area contributed by atoms with Crippen LogP contribution in [0.5, 0.6) is 11.5 Å². The Morgan fingerprint density at radius 2 is 1.10 bits per heavy atom. The molecular formula is C66H72N4OPt-2. The van der Waals surface area contributed by atoms with E-state index in [1.165, 1.54) is 33.5 Å². The Hall–Kier alpha value is -6.03. The first-order valence-electron chi connectivity index (χ1n) is 25.3. The van der Waals surface area contributed by atoms with Gasteiger partial charge in [-0.05, 0) is 96.3 Å². The van der Waals surface area contributed by atoms with Crippen LogP contribution < -0.4 is 9.30 Å². The third-order valence-electron chi connectivity index (χ3n) is 14.4. The molecule has 6 aromatic carbocycles. The zero-order valence-electron chi connectivity index (χ0n) is 45.4. The van der Waals surface area contributed by atoms with Crippen LogP contribution in [0, 0.1) is 18.5 Å². The molecule has 0 aliphatic heterocycles. The molecule has 3 aromatic heterocycles. The van der Waals surface area contributed by atoms with Crippen LogP contribution in [0.1, 0.15) is 156 Å². The van der Waals surface area contributed by atoms with Crippen molar-refractivity contribution in [2.24, 2.45) is 0 Å². The molecular weight excluding hydrogens is 1060 g/mol. The Kier molecular flexibility index (Phi) is 13.6. The maximum absolute atomic E-state index is 7.07. The molecule has 72 heavy (non-hydrogen) atoms. The molecule has 0 radical (unpaired) electrons. The van der Waals surface area contributed by atoms with Crippen molar-refractivity contribution in [1.82, 2.24) is 14.1 Å². The van der Waals surface area contributed by atoms with Crippen LogP contribution in [0.4, 0.5) is 0 Å². The third-order valence-corrected chi connectivity index (χ3v) is 14.4. The molecule has 6 heteroatoms. The molecule has 0 aliphatic carbocycles. The molecule has 9 rings (SSSR count). The van der Waals surface area contributed by atoms with Crippen molar-refractivity contribution in [1.29, 1.82) is 0 Å². The number of rotatable bonds is 9. The topological polar surface area (TPSA) is 35.9 Å². The predicted octanol–water partition coefficient (Wildman–Crippen LogP) is 16.3. The van der Waals surface area contributed by atoms with Crippen LogP contribution in [-0.4, -0.2) is 14.1 Å². The first kappa shape index (κ1) is 52.3. The monoisotopic (exact) mass is 1130 g/mol. The van der Waals surface area contributed by atoms with Gasteiger partial charge in [-0.15, -0.1) is 29.8 Å². The number of para-hydroxylation sites is 1. The van der Waals surface area contributed by atoms with E-state index < -0.39 is 5.41 Å². The zero-order chi connectivity index (χ0) is 51.1. The molecule has 3 heterocycles. The van der Waals surface area contributed by atoms with Crippen molar-refractivity contribution >= 4 is 21.8 Å². The van der Waals surface area contributed by atoms with Gasteiger partial charge in [0.05, 0.1) is 17.1 Å². The van der Waals surface area contributed by atoms with E-state index >= 15 is 0 Å². The van der Waals surface area contributed by atoms with Crippen LogP contribution in [0.3, 0.4) is 0 Å². The van der Waals surface area contributed by atoms with Gasteiger partial charge in [-0.2, -0.15) is 12.1 Å². The maximum Gasteiger partial charge on any atom is 0.267 e. The minimum atomic E-state index is -0.410. The minimum absolute atomic E-state index is 0. The Bertz CT molecular complexity index is 3420. The van der Waals surface area contributed by atoms with E-state index in [0.717, 1.165) is 50.3 Å². The van der Waals surface area contributed by atoms with Crippen LogP contribution in [0.2, 0.25) is 0 Å². The molecule has 0 saturated carbocycles. The average molecular weight is 1130 g/mol. The number of benzene rings is 6. The van der Waals surface area contributed by atoms with Crippen molar-refractivity contribution in [3.8, 4) is 28.7 Å². The van der Waals surface area contributed by atoms with Crippen molar-refractivity contribution in [3.05, 3.63) is 209 Å². The summed E-state index contributed by atoms with van der Waals surface area (Å²) in [6, 6.07) is 57.7. The molecule has 0 bridgehead atoms. The molecule has 9 aromatic rings. The largest absolute Gasteiger partial charge is 0.510 e. The summed E-state index contributed by atoms with van der Waals surface area (Å²) in [7, 11) is 0. The van der Waals surface area contributed by atoms with Gasteiger partial charge in [0.15, 0.2) is 0 Å². The van der Waals surface area contributed by atoms with E-state index in [4.69, 9.17) is 9.72 Å². The molecule has 0 atom stereocenters. The quantitative estimate of drug-likeness (QED) is 0.107. The smallest absolute Gasteiger partial charge is 0.267 e. The van der Waals surface area contributed by atoms with Crippen LogP contribution in [0.15, 0.2) is 146 Å². The molecule has 0 saturated heterocycles. The molecule has 5 nitrogen and oxygen atoms in total. The predicted molar refractivity (Wildman–Crippen MR) is 294 cm³/mol. The second kappa shape index (κ2) is 18.8. The number of fused-ring (bicyclic) bond motifs is 3. The van der Waals surface area contributed by atoms with Gasteiger partial charge in [0, 0.05) is 49.7 Å². The summed E-state index contributed by atoms with van der Waals surface area (Å²) >= 11 is 0. The third kappa shape index (κ3) is 9.79. The van der Waals surface area contributed by atoms with E-state index in [-0.39, 0.29) is 48.1 Å². The van der Waals surface area contributed by atoms with Gasteiger partial charge in [-0.1, -0.05) is 207 Å². The summed E-state index contributed by atoms with van der Waals surface area (Å²) in [6.45, 7) is 36.8. The van der Waals surface area contributed by atoms with Gasteiger partial charge in [0.2, 0.25) is 0 Å².